The van der Waals surface area contributed by atoms with Gasteiger partial charge in [0.15, 0.2) is 5.82 Å². The number of aliphatic hydroxyl groups excluding tert-OH is 1. The Morgan fingerprint density at radius 1 is 1.15 bits per heavy atom. The summed E-state index contributed by atoms with van der Waals surface area (Å²) in [6, 6.07) is 15.1. The Labute approximate surface area is 191 Å². The Kier molecular flexibility index (Phi) is 5.66. The van der Waals surface area contributed by atoms with Gasteiger partial charge in [-0.25, -0.2) is 9.97 Å². The Morgan fingerprint density at radius 2 is 2.03 bits per heavy atom. The van der Waals surface area contributed by atoms with Crippen molar-refractivity contribution in [2.24, 2.45) is 5.92 Å². The highest BCUT2D eigenvalue weighted by atomic mass is 16.5. The maximum atomic E-state index is 12.0. The van der Waals surface area contributed by atoms with Crippen molar-refractivity contribution in [1.82, 2.24) is 14.5 Å². The number of anilines is 3. The average molecular weight is 444 g/mol. The highest BCUT2D eigenvalue weighted by Gasteiger charge is 2.29. The van der Waals surface area contributed by atoms with Gasteiger partial charge >= 0.3 is 0 Å². The van der Waals surface area contributed by atoms with Gasteiger partial charge in [-0.05, 0) is 61.7 Å². The zero-order valence-electron chi connectivity index (χ0n) is 18.3. The molecule has 5 rings (SSSR count). The van der Waals surface area contributed by atoms with Crippen LogP contribution in [0.15, 0.2) is 61.1 Å². The van der Waals surface area contributed by atoms with Crippen LogP contribution in [0.25, 0.3) is 11.0 Å². The Morgan fingerprint density at radius 3 is 2.82 bits per heavy atom. The maximum Gasteiger partial charge on any atom is 0.227 e. The van der Waals surface area contributed by atoms with Crippen LogP contribution in [0, 0.1) is 12.8 Å². The monoisotopic (exact) mass is 443 g/mol. The third-order valence-corrected chi connectivity index (χ3v) is 5.61. The molecule has 1 fully saturated rings. The second-order valence-corrected chi connectivity index (χ2v) is 8.19. The molecule has 2 aromatic heterocycles. The lowest BCUT2D eigenvalue weighted by Crippen LogP contribution is -2.13. The first-order valence-corrected chi connectivity index (χ1v) is 11.0. The maximum absolute atomic E-state index is 12.0. The minimum atomic E-state index is 0.0364. The van der Waals surface area contributed by atoms with Crippen LogP contribution >= 0.6 is 0 Å². The summed E-state index contributed by atoms with van der Waals surface area (Å²) in [7, 11) is 0. The van der Waals surface area contributed by atoms with Crippen molar-refractivity contribution in [3.8, 4) is 11.5 Å². The predicted molar refractivity (Wildman–Crippen MR) is 127 cm³/mol. The number of carbonyl (C=O) groups is 1. The zero-order chi connectivity index (χ0) is 22.8. The van der Waals surface area contributed by atoms with E-state index in [0.717, 1.165) is 46.6 Å². The minimum absolute atomic E-state index is 0.0364. The number of hydrogen-bond donors (Lipinski definition) is 3. The van der Waals surface area contributed by atoms with Gasteiger partial charge in [-0.15, -0.1) is 0 Å². The van der Waals surface area contributed by atoms with E-state index in [1.807, 2.05) is 66.2 Å². The third kappa shape index (κ3) is 4.65. The minimum Gasteiger partial charge on any atom is -0.457 e. The molecule has 0 atom stereocenters. The summed E-state index contributed by atoms with van der Waals surface area (Å²) in [6.45, 7) is 2.48. The molecule has 8 nitrogen and oxygen atoms in total. The van der Waals surface area contributed by atoms with E-state index in [-0.39, 0.29) is 18.4 Å². The molecule has 1 amide bonds. The Hall–Kier alpha value is -3.91. The molecule has 1 aliphatic rings. The van der Waals surface area contributed by atoms with Crippen LogP contribution in [-0.4, -0.2) is 32.2 Å². The average Bonchev–Trinajstić information content (AvgIpc) is 3.58. The van der Waals surface area contributed by atoms with Gasteiger partial charge in [0.25, 0.3) is 0 Å². The number of fused-ring (bicyclic) bond motifs is 1. The molecule has 0 spiro atoms. The van der Waals surface area contributed by atoms with Gasteiger partial charge in [0.05, 0.1) is 12.1 Å². The Bertz CT molecular complexity index is 1310. The van der Waals surface area contributed by atoms with E-state index in [1.54, 1.807) is 0 Å². The zero-order valence-corrected chi connectivity index (χ0v) is 18.3. The van der Waals surface area contributed by atoms with Crippen LogP contribution in [0.3, 0.4) is 0 Å². The first-order valence-electron chi connectivity index (χ1n) is 11.0. The van der Waals surface area contributed by atoms with Crippen LogP contribution in [0.2, 0.25) is 0 Å². The molecular weight excluding hydrogens is 418 g/mol. The van der Waals surface area contributed by atoms with Crippen molar-refractivity contribution < 1.29 is 14.6 Å². The number of hydrogen-bond acceptors (Lipinski definition) is 6. The number of ether oxygens (including phenoxy) is 1. The van der Waals surface area contributed by atoms with Gasteiger partial charge < -0.3 is 25.0 Å². The van der Waals surface area contributed by atoms with Gasteiger partial charge in [0.1, 0.15) is 23.3 Å². The Balaban J connectivity index is 1.33. The highest BCUT2D eigenvalue weighted by molar-refractivity contribution is 5.94. The quantitative estimate of drug-likeness (QED) is 0.367. The van der Waals surface area contributed by atoms with Crippen LogP contribution in [0.1, 0.15) is 18.4 Å². The number of nitrogens with zero attached hydrogens (tertiary/aromatic N) is 3. The topological polar surface area (TPSA) is 101 Å². The number of carbonyl (C=O) groups excluding carboxylic acids is 1. The van der Waals surface area contributed by atoms with E-state index in [0.29, 0.717) is 18.1 Å². The van der Waals surface area contributed by atoms with Crippen LogP contribution in [0.4, 0.5) is 17.2 Å². The van der Waals surface area contributed by atoms with Gasteiger partial charge in [-0.3, -0.25) is 4.79 Å². The van der Waals surface area contributed by atoms with Gasteiger partial charge in [-0.1, -0.05) is 6.07 Å². The van der Waals surface area contributed by atoms with Crippen LogP contribution in [0.5, 0.6) is 11.5 Å². The van der Waals surface area contributed by atoms with Gasteiger partial charge in [0, 0.05) is 36.1 Å². The molecule has 4 aromatic rings. The molecule has 168 valence electrons. The molecule has 0 unspecified atom stereocenters. The molecule has 33 heavy (non-hydrogen) atoms. The first-order chi connectivity index (χ1) is 16.1. The number of rotatable bonds is 8. The second kappa shape index (κ2) is 8.91. The van der Waals surface area contributed by atoms with E-state index < -0.39 is 0 Å². The SMILES string of the molecule is Cc1cc(Nc2ncnc3ccn(CCO)c23)ccc1Oc1cccc(NC(=O)C2CC2)c1. The molecule has 1 aliphatic carbocycles. The molecule has 0 saturated heterocycles. The molecule has 1 saturated carbocycles. The largest absolute Gasteiger partial charge is 0.457 e. The lowest BCUT2D eigenvalue weighted by molar-refractivity contribution is -0.117. The second-order valence-electron chi connectivity index (χ2n) is 8.19. The fourth-order valence-corrected chi connectivity index (χ4v) is 3.75. The van der Waals surface area contributed by atoms with Crippen LogP contribution in [-0.2, 0) is 11.3 Å². The first kappa shape index (κ1) is 21.0. The molecular formula is C25H25N5O3. The summed E-state index contributed by atoms with van der Waals surface area (Å²) in [5.74, 6) is 2.28. The van der Waals surface area contributed by atoms with E-state index in [9.17, 15) is 9.90 Å². The number of amides is 1. The summed E-state index contributed by atoms with van der Waals surface area (Å²) in [6.07, 6.45) is 5.35. The number of aryl methyl sites for hydroxylation is 1. The van der Waals surface area contributed by atoms with Crippen molar-refractivity contribution in [3.05, 3.63) is 66.6 Å². The summed E-state index contributed by atoms with van der Waals surface area (Å²) < 4.78 is 8.01. The third-order valence-electron chi connectivity index (χ3n) is 5.61. The number of aliphatic hydroxyl groups is 1. The van der Waals surface area contributed by atoms with Crippen molar-refractivity contribution >= 4 is 34.1 Å². The van der Waals surface area contributed by atoms with E-state index in [2.05, 4.69) is 20.6 Å². The van der Waals surface area contributed by atoms with Crippen molar-refractivity contribution in [2.75, 3.05) is 17.2 Å². The molecule has 2 aromatic carbocycles. The van der Waals surface area contributed by atoms with Crippen LogP contribution < -0.4 is 15.4 Å². The number of benzene rings is 2. The smallest absolute Gasteiger partial charge is 0.227 e. The van der Waals surface area contributed by atoms with Crippen molar-refractivity contribution in [2.45, 2.75) is 26.3 Å². The lowest BCUT2D eigenvalue weighted by Gasteiger charge is -2.13. The van der Waals surface area contributed by atoms with Crippen molar-refractivity contribution in [3.63, 3.8) is 0 Å². The summed E-state index contributed by atoms with van der Waals surface area (Å²) in [4.78, 5) is 20.7. The van der Waals surface area contributed by atoms with Crippen molar-refractivity contribution in [1.29, 1.82) is 0 Å². The van der Waals surface area contributed by atoms with E-state index >= 15 is 0 Å². The molecule has 0 bridgehead atoms. The molecule has 8 heteroatoms. The van der Waals surface area contributed by atoms with Gasteiger partial charge in [-0.2, -0.15) is 0 Å². The van der Waals surface area contributed by atoms with Gasteiger partial charge in [0.2, 0.25) is 5.91 Å². The summed E-state index contributed by atoms with van der Waals surface area (Å²) >= 11 is 0. The molecule has 0 radical (unpaired) electrons. The summed E-state index contributed by atoms with van der Waals surface area (Å²) in [5, 5.41) is 15.6. The fourth-order valence-electron chi connectivity index (χ4n) is 3.75. The van der Waals surface area contributed by atoms with E-state index in [1.165, 1.54) is 6.33 Å². The number of nitrogens with one attached hydrogen (secondary N) is 2. The van der Waals surface area contributed by atoms with E-state index in [4.69, 9.17) is 4.74 Å². The lowest BCUT2D eigenvalue weighted by atomic mass is 10.2. The standard InChI is InChI=1S/C25H25N5O3/c1-16-13-19(28-24-23-21(26-15-27-24)9-10-30(23)11-12-31)7-8-22(16)33-20-4-2-3-18(14-20)29-25(32)17-5-6-17/h2-4,7-10,13-15,17,31H,5-6,11-12H2,1H3,(H,29,32)(H,26,27,28). The highest BCUT2D eigenvalue weighted by Crippen LogP contribution is 2.33. The molecule has 3 N–H and O–H groups in total. The molecule has 0 aliphatic heterocycles. The number of aromatic nitrogens is 3. The molecule has 2 heterocycles. The fraction of sp³-hybridized carbons (Fsp3) is 0.240. The normalized spacial score (nSPS) is 13.2. The predicted octanol–water partition coefficient (Wildman–Crippen LogP) is 4.62. The summed E-state index contributed by atoms with van der Waals surface area (Å²) in [5.41, 5.74) is 4.20.